The van der Waals surface area contributed by atoms with E-state index < -0.39 is 0 Å². The van der Waals surface area contributed by atoms with Gasteiger partial charge in [0, 0.05) is 37.3 Å². The Morgan fingerprint density at radius 2 is 2.10 bits per heavy atom. The van der Waals surface area contributed by atoms with E-state index in [0.29, 0.717) is 18.4 Å². The minimum Gasteiger partial charge on any atom is -0.347 e. The molecule has 1 unspecified atom stereocenters. The van der Waals surface area contributed by atoms with Crippen LogP contribution in [-0.4, -0.2) is 28.0 Å². The second-order valence-corrected chi connectivity index (χ2v) is 5.75. The Morgan fingerprint density at radius 1 is 1.25 bits per heavy atom. The van der Waals surface area contributed by atoms with Crippen LogP contribution in [0.5, 0.6) is 0 Å². The lowest BCUT2D eigenvalue weighted by atomic mass is 10.0. The minimum absolute atomic E-state index is 0.301. The van der Waals surface area contributed by atoms with Gasteiger partial charge in [-0.05, 0) is 43.7 Å². The van der Waals surface area contributed by atoms with Crippen molar-refractivity contribution in [2.24, 2.45) is 0 Å². The zero-order chi connectivity index (χ0) is 13.9. The van der Waals surface area contributed by atoms with Gasteiger partial charge in [0.15, 0.2) is 0 Å². The van der Waals surface area contributed by atoms with E-state index in [1.807, 2.05) is 12.1 Å². The van der Waals surface area contributed by atoms with E-state index in [4.69, 9.17) is 0 Å². The Morgan fingerprint density at radius 3 is 2.95 bits per heavy atom. The average Bonchev–Trinajstić information content (AvgIpc) is 2.88. The van der Waals surface area contributed by atoms with E-state index in [1.54, 1.807) is 0 Å². The molecule has 1 atom stereocenters. The molecule has 20 heavy (non-hydrogen) atoms. The van der Waals surface area contributed by atoms with Gasteiger partial charge in [-0.15, -0.1) is 0 Å². The average molecular weight is 270 g/mol. The van der Waals surface area contributed by atoms with Crippen molar-refractivity contribution < 1.29 is 4.79 Å². The molecule has 1 aromatic heterocycles. The summed E-state index contributed by atoms with van der Waals surface area (Å²) in [5, 5.41) is 1.24. The third-order valence-electron chi connectivity index (χ3n) is 4.37. The maximum absolute atomic E-state index is 12.4. The maximum Gasteiger partial charge on any atom is 0.224 e. The number of fused-ring (bicyclic) bond motifs is 1. The summed E-state index contributed by atoms with van der Waals surface area (Å²) in [7, 11) is 0. The van der Waals surface area contributed by atoms with E-state index in [-0.39, 0.29) is 0 Å². The predicted octanol–water partition coefficient (Wildman–Crippen LogP) is 3.43. The molecule has 1 aliphatic heterocycles. The Kier molecular flexibility index (Phi) is 3.77. The van der Waals surface area contributed by atoms with Gasteiger partial charge in [0.2, 0.25) is 5.91 Å². The van der Waals surface area contributed by atoms with Crippen LogP contribution in [0.1, 0.15) is 32.6 Å². The van der Waals surface area contributed by atoms with Crippen LogP contribution in [0.15, 0.2) is 36.5 Å². The zero-order valence-corrected chi connectivity index (χ0v) is 12.1. The molecule has 0 radical (unpaired) electrons. The summed E-state index contributed by atoms with van der Waals surface area (Å²) < 4.78 is 2.18. The van der Waals surface area contributed by atoms with E-state index >= 15 is 0 Å². The van der Waals surface area contributed by atoms with Gasteiger partial charge >= 0.3 is 0 Å². The number of carbonyl (C=O) groups excluding carboxylic acids is 1. The molecule has 1 amide bonds. The summed E-state index contributed by atoms with van der Waals surface area (Å²) in [5.41, 5.74) is 1.21. The molecule has 0 saturated carbocycles. The van der Waals surface area contributed by atoms with Crippen molar-refractivity contribution in [3.8, 4) is 0 Å². The lowest BCUT2D eigenvalue weighted by molar-refractivity contribution is -0.134. The number of rotatable bonds is 3. The quantitative estimate of drug-likeness (QED) is 0.838. The fourth-order valence-corrected chi connectivity index (χ4v) is 3.16. The van der Waals surface area contributed by atoms with Crippen molar-refractivity contribution >= 4 is 16.8 Å². The van der Waals surface area contributed by atoms with E-state index in [1.165, 1.54) is 17.3 Å². The number of likely N-dealkylation sites (tertiary alicyclic amines) is 1. The lowest BCUT2D eigenvalue weighted by Crippen LogP contribution is -2.42. The lowest BCUT2D eigenvalue weighted by Gasteiger charge is -2.33. The molecule has 0 bridgehead atoms. The topological polar surface area (TPSA) is 25.2 Å². The highest BCUT2D eigenvalue weighted by Crippen LogP contribution is 2.19. The van der Waals surface area contributed by atoms with Gasteiger partial charge in [-0.25, -0.2) is 0 Å². The molecule has 3 nitrogen and oxygen atoms in total. The van der Waals surface area contributed by atoms with E-state index in [2.05, 4.69) is 40.8 Å². The fourth-order valence-electron chi connectivity index (χ4n) is 3.16. The molecule has 3 rings (SSSR count). The van der Waals surface area contributed by atoms with Crippen molar-refractivity contribution in [3.05, 3.63) is 36.5 Å². The molecule has 0 N–H and O–H groups in total. The number of piperidine rings is 1. The highest BCUT2D eigenvalue weighted by Gasteiger charge is 2.22. The van der Waals surface area contributed by atoms with Crippen LogP contribution in [0.2, 0.25) is 0 Å². The Labute approximate surface area is 120 Å². The number of aryl methyl sites for hydroxylation is 1. The summed E-state index contributed by atoms with van der Waals surface area (Å²) in [6.07, 6.45) is 6.24. The molecule has 1 aromatic carbocycles. The summed E-state index contributed by atoms with van der Waals surface area (Å²) in [6, 6.07) is 10.9. The number of para-hydroxylation sites is 1. The fraction of sp³-hybridized carbons (Fsp3) is 0.471. The number of hydrogen-bond donors (Lipinski definition) is 0. The first-order valence-corrected chi connectivity index (χ1v) is 7.59. The van der Waals surface area contributed by atoms with Gasteiger partial charge in [0.25, 0.3) is 0 Å². The number of hydrogen-bond acceptors (Lipinski definition) is 1. The summed E-state index contributed by atoms with van der Waals surface area (Å²) in [5.74, 6) is 0.301. The monoisotopic (exact) mass is 270 g/mol. The summed E-state index contributed by atoms with van der Waals surface area (Å²) in [6.45, 7) is 3.88. The molecule has 0 aliphatic carbocycles. The molecular weight excluding hydrogens is 248 g/mol. The first kappa shape index (κ1) is 13.2. The molecule has 1 saturated heterocycles. The number of nitrogens with zero attached hydrogens (tertiary/aromatic N) is 2. The Bertz CT molecular complexity index is 602. The highest BCUT2D eigenvalue weighted by atomic mass is 16.2. The number of amides is 1. The van der Waals surface area contributed by atoms with Crippen LogP contribution >= 0.6 is 0 Å². The first-order valence-electron chi connectivity index (χ1n) is 7.59. The smallest absolute Gasteiger partial charge is 0.224 e. The van der Waals surface area contributed by atoms with Gasteiger partial charge in [0.05, 0.1) is 0 Å². The van der Waals surface area contributed by atoms with Crippen molar-refractivity contribution in [3.63, 3.8) is 0 Å². The first-order chi connectivity index (χ1) is 9.75. The highest BCUT2D eigenvalue weighted by molar-refractivity contribution is 5.80. The second kappa shape index (κ2) is 5.70. The zero-order valence-electron chi connectivity index (χ0n) is 12.1. The molecule has 3 heteroatoms. The summed E-state index contributed by atoms with van der Waals surface area (Å²) >= 11 is 0. The van der Waals surface area contributed by atoms with Crippen molar-refractivity contribution in [1.29, 1.82) is 0 Å². The van der Waals surface area contributed by atoms with Crippen LogP contribution < -0.4 is 0 Å². The van der Waals surface area contributed by atoms with Gasteiger partial charge in [-0.2, -0.15) is 0 Å². The Balaban J connectivity index is 1.65. The van der Waals surface area contributed by atoms with Crippen molar-refractivity contribution in [1.82, 2.24) is 9.47 Å². The van der Waals surface area contributed by atoms with Crippen molar-refractivity contribution in [2.75, 3.05) is 6.54 Å². The molecular formula is C17H22N2O. The van der Waals surface area contributed by atoms with Crippen LogP contribution in [-0.2, 0) is 11.3 Å². The third kappa shape index (κ3) is 2.58. The second-order valence-electron chi connectivity index (χ2n) is 5.75. The number of aromatic nitrogens is 1. The molecule has 1 fully saturated rings. The summed E-state index contributed by atoms with van der Waals surface area (Å²) in [4.78, 5) is 14.4. The minimum atomic E-state index is 0.301. The SMILES string of the molecule is CC1CCCCN1C(=O)CCn1ccc2ccccc21. The predicted molar refractivity (Wildman–Crippen MR) is 81.6 cm³/mol. The van der Waals surface area contributed by atoms with Gasteiger partial charge < -0.3 is 9.47 Å². The van der Waals surface area contributed by atoms with Gasteiger partial charge in [-0.3, -0.25) is 4.79 Å². The van der Waals surface area contributed by atoms with Crippen LogP contribution in [0, 0.1) is 0 Å². The molecule has 2 heterocycles. The van der Waals surface area contributed by atoms with Crippen LogP contribution in [0.3, 0.4) is 0 Å². The number of benzene rings is 1. The normalized spacial score (nSPS) is 19.4. The molecule has 2 aromatic rings. The number of carbonyl (C=O) groups is 1. The molecule has 106 valence electrons. The molecule has 0 spiro atoms. The standard InChI is InChI=1S/C17H22N2O/c1-14-6-4-5-11-19(14)17(20)10-13-18-12-9-15-7-2-3-8-16(15)18/h2-3,7-9,12,14H,4-6,10-11,13H2,1H3. The van der Waals surface area contributed by atoms with Crippen molar-refractivity contribution in [2.45, 2.75) is 45.2 Å². The van der Waals surface area contributed by atoms with E-state index in [9.17, 15) is 4.79 Å². The van der Waals surface area contributed by atoms with Crippen LogP contribution in [0.4, 0.5) is 0 Å². The van der Waals surface area contributed by atoms with Gasteiger partial charge in [0.1, 0.15) is 0 Å². The van der Waals surface area contributed by atoms with E-state index in [0.717, 1.165) is 25.9 Å². The third-order valence-corrected chi connectivity index (χ3v) is 4.37. The largest absolute Gasteiger partial charge is 0.347 e. The maximum atomic E-state index is 12.4. The molecule has 1 aliphatic rings. The van der Waals surface area contributed by atoms with Gasteiger partial charge in [-0.1, -0.05) is 18.2 Å². The Hall–Kier alpha value is -1.77. The van der Waals surface area contributed by atoms with Crippen LogP contribution in [0.25, 0.3) is 10.9 Å².